The molecule has 1 amide bonds. The number of ether oxygens (including phenoxy) is 1. The molecule has 1 N–H and O–H groups in total. The highest BCUT2D eigenvalue weighted by molar-refractivity contribution is 5.77. The van der Waals surface area contributed by atoms with Crippen LogP contribution in [-0.4, -0.2) is 47.7 Å². The molecule has 0 aromatic heterocycles. The van der Waals surface area contributed by atoms with E-state index in [1.807, 2.05) is 0 Å². The van der Waals surface area contributed by atoms with Gasteiger partial charge < -0.3 is 14.7 Å². The standard InChI is InChI=1S/C13H19NO4/c15-12(7-10-3-1-2-4-10)14-5-6-18-11(9-14)8-13(16)17/h1,3,10-11H,2,4-9H2,(H,16,17)/t10-,11-/m1/s1. The normalized spacial score (nSPS) is 27.4. The first-order chi connectivity index (χ1) is 8.65. The molecule has 1 aliphatic heterocycles. The number of morpholine rings is 1. The molecular formula is C13H19NO4. The molecule has 100 valence electrons. The highest BCUT2D eigenvalue weighted by Crippen LogP contribution is 2.22. The van der Waals surface area contributed by atoms with Crippen LogP contribution in [0.3, 0.4) is 0 Å². The molecule has 0 aromatic rings. The molecule has 5 heteroatoms. The fourth-order valence-electron chi connectivity index (χ4n) is 2.48. The fraction of sp³-hybridized carbons (Fsp3) is 0.692. The Morgan fingerprint density at radius 2 is 2.22 bits per heavy atom. The Kier molecular flexibility index (Phi) is 4.36. The average Bonchev–Trinajstić information content (AvgIpc) is 2.81. The highest BCUT2D eigenvalue weighted by atomic mass is 16.5. The van der Waals surface area contributed by atoms with Crippen LogP contribution in [0.5, 0.6) is 0 Å². The van der Waals surface area contributed by atoms with Gasteiger partial charge in [0.2, 0.25) is 5.91 Å². The second kappa shape index (κ2) is 6.00. The number of rotatable bonds is 4. The number of carboxylic acids is 1. The third kappa shape index (κ3) is 3.57. The zero-order valence-electron chi connectivity index (χ0n) is 10.4. The van der Waals surface area contributed by atoms with Gasteiger partial charge in [0.15, 0.2) is 0 Å². The van der Waals surface area contributed by atoms with Crippen LogP contribution in [0.4, 0.5) is 0 Å². The average molecular weight is 253 g/mol. The molecular weight excluding hydrogens is 234 g/mol. The Hall–Kier alpha value is -1.36. The van der Waals surface area contributed by atoms with Crippen LogP contribution in [-0.2, 0) is 14.3 Å². The van der Waals surface area contributed by atoms with E-state index in [0.29, 0.717) is 32.0 Å². The Balaban J connectivity index is 1.81. The minimum atomic E-state index is -0.881. The van der Waals surface area contributed by atoms with Crippen molar-refractivity contribution < 1.29 is 19.4 Å². The minimum absolute atomic E-state index is 0.0346. The second-order valence-electron chi connectivity index (χ2n) is 4.90. The number of carbonyl (C=O) groups is 2. The van der Waals surface area contributed by atoms with Crippen LogP contribution < -0.4 is 0 Å². The van der Waals surface area contributed by atoms with E-state index in [-0.39, 0.29) is 18.4 Å². The van der Waals surface area contributed by atoms with Gasteiger partial charge in [-0.15, -0.1) is 0 Å². The molecule has 1 saturated heterocycles. The first-order valence-corrected chi connectivity index (χ1v) is 6.43. The number of carboxylic acid groups (broad SMARTS) is 1. The third-order valence-corrected chi connectivity index (χ3v) is 3.44. The van der Waals surface area contributed by atoms with Gasteiger partial charge in [-0.05, 0) is 18.8 Å². The van der Waals surface area contributed by atoms with E-state index < -0.39 is 5.97 Å². The van der Waals surface area contributed by atoms with Crippen LogP contribution in [0.15, 0.2) is 12.2 Å². The van der Waals surface area contributed by atoms with Gasteiger partial charge in [-0.1, -0.05) is 12.2 Å². The minimum Gasteiger partial charge on any atom is -0.481 e. The van der Waals surface area contributed by atoms with Crippen molar-refractivity contribution in [3.05, 3.63) is 12.2 Å². The molecule has 0 spiro atoms. The van der Waals surface area contributed by atoms with Crippen molar-refractivity contribution in [3.8, 4) is 0 Å². The maximum Gasteiger partial charge on any atom is 0.306 e. The summed E-state index contributed by atoms with van der Waals surface area (Å²) in [6.45, 7) is 1.41. The predicted octanol–water partition coefficient (Wildman–Crippen LogP) is 1.04. The SMILES string of the molecule is O=C(O)C[C@@H]1CN(C(=O)C[C@@H]2C=CCC2)CCO1. The molecule has 0 bridgehead atoms. The molecule has 2 aliphatic rings. The van der Waals surface area contributed by atoms with Crippen molar-refractivity contribution in [1.82, 2.24) is 4.90 Å². The first-order valence-electron chi connectivity index (χ1n) is 6.43. The summed E-state index contributed by atoms with van der Waals surface area (Å²) >= 11 is 0. The van der Waals surface area contributed by atoms with Crippen LogP contribution >= 0.6 is 0 Å². The lowest BCUT2D eigenvalue weighted by Crippen LogP contribution is -2.46. The molecule has 0 saturated carbocycles. The Bertz CT molecular complexity index is 353. The van der Waals surface area contributed by atoms with E-state index in [1.54, 1.807) is 4.90 Å². The lowest BCUT2D eigenvalue weighted by molar-refractivity contribution is -0.148. The smallest absolute Gasteiger partial charge is 0.306 e. The molecule has 5 nitrogen and oxygen atoms in total. The van der Waals surface area contributed by atoms with Crippen molar-refractivity contribution in [1.29, 1.82) is 0 Å². The van der Waals surface area contributed by atoms with Crippen molar-refractivity contribution in [2.75, 3.05) is 19.7 Å². The molecule has 1 aliphatic carbocycles. The third-order valence-electron chi connectivity index (χ3n) is 3.44. The van der Waals surface area contributed by atoms with Gasteiger partial charge in [0, 0.05) is 19.5 Å². The number of carbonyl (C=O) groups excluding carboxylic acids is 1. The Morgan fingerprint density at radius 3 is 2.89 bits per heavy atom. The van der Waals surface area contributed by atoms with E-state index >= 15 is 0 Å². The van der Waals surface area contributed by atoms with E-state index in [0.717, 1.165) is 12.8 Å². The number of allylic oxidation sites excluding steroid dienone is 2. The fourth-order valence-corrected chi connectivity index (χ4v) is 2.48. The van der Waals surface area contributed by atoms with Crippen LogP contribution in [0.25, 0.3) is 0 Å². The summed E-state index contributed by atoms with van der Waals surface area (Å²) in [4.78, 5) is 24.4. The zero-order chi connectivity index (χ0) is 13.0. The Morgan fingerprint density at radius 1 is 1.39 bits per heavy atom. The summed E-state index contributed by atoms with van der Waals surface area (Å²) in [6.07, 6.45) is 6.47. The molecule has 0 aromatic carbocycles. The molecule has 1 heterocycles. The summed E-state index contributed by atoms with van der Waals surface area (Å²) in [5.74, 6) is -0.406. The van der Waals surface area contributed by atoms with Crippen LogP contribution in [0.1, 0.15) is 25.7 Å². The molecule has 1 fully saturated rings. The number of hydrogen-bond acceptors (Lipinski definition) is 3. The van der Waals surface area contributed by atoms with Gasteiger partial charge in [-0.3, -0.25) is 9.59 Å². The number of hydrogen-bond donors (Lipinski definition) is 1. The van der Waals surface area contributed by atoms with Gasteiger partial charge in [0.25, 0.3) is 0 Å². The van der Waals surface area contributed by atoms with Gasteiger partial charge in [-0.2, -0.15) is 0 Å². The van der Waals surface area contributed by atoms with Gasteiger partial charge in [0.1, 0.15) is 0 Å². The predicted molar refractivity (Wildman–Crippen MR) is 65.1 cm³/mol. The summed E-state index contributed by atoms with van der Waals surface area (Å²) in [5.41, 5.74) is 0. The monoisotopic (exact) mass is 253 g/mol. The highest BCUT2D eigenvalue weighted by Gasteiger charge is 2.27. The van der Waals surface area contributed by atoms with E-state index in [2.05, 4.69) is 12.2 Å². The second-order valence-corrected chi connectivity index (χ2v) is 4.90. The molecule has 2 rings (SSSR count). The largest absolute Gasteiger partial charge is 0.481 e. The van der Waals surface area contributed by atoms with Crippen LogP contribution in [0, 0.1) is 5.92 Å². The van der Waals surface area contributed by atoms with E-state index in [4.69, 9.17) is 9.84 Å². The van der Waals surface area contributed by atoms with Gasteiger partial charge in [-0.25, -0.2) is 0 Å². The van der Waals surface area contributed by atoms with Crippen LogP contribution in [0.2, 0.25) is 0 Å². The number of amides is 1. The summed E-state index contributed by atoms with van der Waals surface area (Å²) < 4.78 is 5.35. The molecule has 2 atom stereocenters. The van der Waals surface area contributed by atoms with Gasteiger partial charge >= 0.3 is 5.97 Å². The molecule has 0 unspecified atom stereocenters. The first kappa shape index (κ1) is 13.1. The summed E-state index contributed by atoms with van der Waals surface area (Å²) in [7, 11) is 0. The lowest BCUT2D eigenvalue weighted by atomic mass is 10.0. The van der Waals surface area contributed by atoms with E-state index in [9.17, 15) is 9.59 Å². The topological polar surface area (TPSA) is 66.8 Å². The quantitative estimate of drug-likeness (QED) is 0.760. The summed E-state index contributed by atoms with van der Waals surface area (Å²) in [6, 6.07) is 0. The molecule has 18 heavy (non-hydrogen) atoms. The number of nitrogens with zero attached hydrogens (tertiary/aromatic N) is 1. The van der Waals surface area contributed by atoms with E-state index in [1.165, 1.54) is 0 Å². The van der Waals surface area contributed by atoms with Gasteiger partial charge in [0.05, 0.1) is 19.1 Å². The maximum absolute atomic E-state index is 12.1. The van der Waals surface area contributed by atoms with Crippen molar-refractivity contribution in [2.45, 2.75) is 31.8 Å². The molecule has 0 radical (unpaired) electrons. The lowest BCUT2D eigenvalue weighted by Gasteiger charge is -2.32. The number of aliphatic carboxylic acids is 1. The summed E-state index contributed by atoms with van der Waals surface area (Å²) in [5, 5.41) is 8.73. The van der Waals surface area contributed by atoms with Crippen molar-refractivity contribution >= 4 is 11.9 Å². The Labute approximate surface area is 106 Å². The van der Waals surface area contributed by atoms with Crippen molar-refractivity contribution in [2.24, 2.45) is 5.92 Å². The van der Waals surface area contributed by atoms with Crippen molar-refractivity contribution in [3.63, 3.8) is 0 Å². The zero-order valence-corrected chi connectivity index (χ0v) is 10.4. The maximum atomic E-state index is 12.1.